The molecule has 1 aromatic carbocycles. The predicted octanol–water partition coefficient (Wildman–Crippen LogP) is 5.29. The third kappa shape index (κ3) is 4.65. The van der Waals surface area contributed by atoms with Crippen molar-refractivity contribution in [3.8, 4) is 5.75 Å². The van der Waals surface area contributed by atoms with E-state index in [1.165, 1.54) is 19.3 Å². The van der Waals surface area contributed by atoms with E-state index in [1.54, 1.807) is 13.2 Å². The molecular formula is C24H30N4O3. The summed E-state index contributed by atoms with van der Waals surface area (Å²) in [4.78, 5) is 13.9. The zero-order chi connectivity index (χ0) is 21.8. The molecular weight excluding hydrogens is 392 g/mol. The van der Waals surface area contributed by atoms with Crippen molar-refractivity contribution in [2.75, 3.05) is 12.4 Å². The Kier molecular flexibility index (Phi) is 6.39. The summed E-state index contributed by atoms with van der Waals surface area (Å²) in [5.41, 5.74) is 2.93. The molecule has 1 atom stereocenters. The van der Waals surface area contributed by atoms with Gasteiger partial charge in [0.05, 0.1) is 18.4 Å². The Morgan fingerprint density at radius 2 is 2.10 bits per heavy atom. The van der Waals surface area contributed by atoms with Crippen molar-refractivity contribution < 1.29 is 14.1 Å². The fourth-order valence-corrected chi connectivity index (χ4v) is 4.30. The van der Waals surface area contributed by atoms with Crippen LogP contribution in [-0.2, 0) is 6.54 Å². The first-order valence-electron chi connectivity index (χ1n) is 11.0. The van der Waals surface area contributed by atoms with E-state index in [9.17, 15) is 4.79 Å². The topological polar surface area (TPSA) is 82.2 Å². The van der Waals surface area contributed by atoms with Crippen LogP contribution in [0, 0.1) is 6.92 Å². The lowest BCUT2D eigenvalue weighted by atomic mass is 9.84. The summed E-state index contributed by atoms with van der Waals surface area (Å²) >= 11 is 0. The number of Topliss-reactive ketones (excluding diaryl/α,β-unsaturated/α-hetero) is 1. The summed E-state index contributed by atoms with van der Waals surface area (Å²) in [5.74, 6) is 1.67. The number of aromatic nitrogens is 3. The normalized spacial score (nSPS) is 15.6. The number of methoxy groups -OCH3 is 1. The number of anilines is 1. The summed E-state index contributed by atoms with van der Waals surface area (Å²) in [6.45, 7) is 4.59. The molecule has 2 aromatic heterocycles. The highest BCUT2D eigenvalue weighted by atomic mass is 16.5. The fourth-order valence-electron chi connectivity index (χ4n) is 4.30. The average molecular weight is 423 g/mol. The maximum atomic E-state index is 13.9. The zero-order valence-electron chi connectivity index (χ0n) is 18.4. The van der Waals surface area contributed by atoms with E-state index in [4.69, 9.17) is 14.4 Å². The Bertz CT molecular complexity index is 1030. The molecule has 1 unspecified atom stereocenters. The van der Waals surface area contributed by atoms with Gasteiger partial charge in [0, 0.05) is 36.5 Å². The van der Waals surface area contributed by atoms with Gasteiger partial charge in [-0.15, -0.1) is 0 Å². The van der Waals surface area contributed by atoms with E-state index in [1.807, 2.05) is 49.0 Å². The van der Waals surface area contributed by atoms with Crippen molar-refractivity contribution in [1.82, 2.24) is 14.9 Å². The summed E-state index contributed by atoms with van der Waals surface area (Å²) < 4.78 is 12.5. The molecule has 3 aromatic rings. The number of nitrogens with one attached hydrogen (secondary N) is 1. The molecule has 0 bridgehead atoms. The van der Waals surface area contributed by atoms with Gasteiger partial charge in [-0.2, -0.15) is 5.10 Å². The Morgan fingerprint density at radius 3 is 2.77 bits per heavy atom. The number of benzene rings is 1. The van der Waals surface area contributed by atoms with E-state index >= 15 is 0 Å². The lowest BCUT2D eigenvalue weighted by molar-refractivity contribution is 0.0964. The monoisotopic (exact) mass is 422 g/mol. The van der Waals surface area contributed by atoms with Gasteiger partial charge < -0.3 is 14.6 Å². The fraction of sp³-hybridized carbons (Fsp3) is 0.458. The number of nitrogens with zero attached hydrogens (tertiary/aromatic N) is 3. The largest absolute Gasteiger partial charge is 0.497 e. The van der Waals surface area contributed by atoms with E-state index in [0.717, 1.165) is 30.8 Å². The molecule has 1 N–H and O–H groups in total. The summed E-state index contributed by atoms with van der Waals surface area (Å²) in [6.07, 6.45) is 7.68. The van der Waals surface area contributed by atoms with E-state index < -0.39 is 6.04 Å². The van der Waals surface area contributed by atoms with Gasteiger partial charge in [0.15, 0.2) is 5.78 Å². The second-order valence-corrected chi connectivity index (χ2v) is 8.15. The lowest BCUT2D eigenvalue weighted by Gasteiger charge is -2.22. The van der Waals surface area contributed by atoms with Gasteiger partial charge in [0.2, 0.25) is 0 Å². The maximum absolute atomic E-state index is 13.9. The van der Waals surface area contributed by atoms with Crippen molar-refractivity contribution in [2.24, 2.45) is 0 Å². The minimum Gasteiger partial charge on any atom is -0.497 e. The van der Waals surface area contributed by atoms with Crippen molar-refractivity contribution in [1.29, 1.82) is 0 Å². The van der Waals surface area contributed by atoms with Crippen molar-refractivity contribution in [3.05, 3.63) is 59.2 Å². The highest BCUT2D eigenvalue weighted by molar-refractivity contribution is 6.03. The molecule has 7 nitrogen and oxygen atoms in total. The second kappa shape index (κ2) is 9.37. The van der Waals surface area contributed by atoms with Crippen LogP contribution in [-0.4, -0.2) is 27.8 Å². The molecule has 4 rings (SSSR count). The van der Waals surface area contributed by atoms with Gasteiger partial charge in [-0.25, -0.2) is 0 Å². The first-order chi connectivity index (χ1) is 15.1. The molecule has 0 aliphatic heterocycles. The van der Waals surface area contributed by atoms with Crippen LogP contribution >= 0.6 is 0 Å². The van der Waals surface area contributed by atoms with Crippen LogP contribution in [0.2, 0.25) is 0 Å². The molecule has 1 saturated carbocycles. The lowest BCUT2D eigenvalue weighted by Crippen LogP contribution is -2.23. The predicted molar refractivity (Wildman–Crippen MR) is 119 cm³/mol. The Hall–Kier alpha value is -3.09. The van der Waals surface area contributed by atoms with Crippen LogP contribution in [0.4, 0.5) is 5.69 Å². The number of carbonyl (C=O) groups is 1. The quantitative estimate of drug-likeness (QED) is 0.497. The van der Waals surface area contributed by atoms with Gasteiger partial charge in [0.1, 0.15) is 23.2 Å². The number of hydrogen-bond acceptors (Lipinski definition) is 6. The smallest absolute Gasteiger partial charge is 0.194 e. The van der Waals surface area contributed by atoms with E-state index in [0.29, 0.717) is 28.7 Å². The molecule has 0 saturated heterocycles. The minimum atomic E-state index is -0.679. The van der Waals surface area contributed by atoms with Gasteiger partial charge >= 0.3 is 0 Å². The van der Waals surface area contributed by atoms with E-state index in [-0.39, 0.29) is 5.78 Å². The Morgan fingerprint density at radius 1 is 1.29 bits per heavy atom. The Labute approximate surface area is 182 Å². The van der Waals surface area contributed by atoms with Crippen LogP contribution in [0.1, 0.15) is 78.5 Å². The molecule has 0 spiro atoms. The molecule has 0 amide bonds. The summed E-state index contributed by atoms with van der Waals surface area (Å²) in [5, 5.41) is 12.3. The van der Waals surface area contributed by atoms with Crippen LogP contribution < -0.4 is 10.1 Å². The molecule has 7 heteroatoms. The van der Waals surface area contributed by atoms with Gasteiger partial charge in [0.25, 0.3) is 0 Å². The maximum Gasteiger partial charge on any atom is 0.194 e. The number of aryl methyl sites for hydroxylation is 2. The van der Waals surface area contributed by atoms with Crippen molar-refractivity contribution >= 4 is 11.5 Å². The standard InChI is InChI=1S/C24H30N4O3/c1-4-28-15-20(22(26-28)17-9-6-5-7-10-17)24(29)23(21-13-16(2)31-27-21)25-18-11-8-12-19(14-18)30-3/h8,11-15,17,23,25H,4-7,9-10H2,1-3H3. The van der Waals surface area contributed by atoms with Crippen molar-refractivity contribution in [3.63, 3.8) is 0 Å². The molecule has 1 aliphatic rings. The molecule has 164 valence electrons. The highest BCUT2D eigenvalue weighted by Crippen LogP contribution is 2.35. The SMILES string of the molecule is CCn1cc(C(=O)C(Nc2cccc(OC)c2)c2cc(C)on2)c(C2CCCCC2)n1. The number of ether oxygens (including phenoxy) is 1. The molecule has 2 heterocycles. The molecule has 0 radical (unpaired) electrons. The first kappa shape index (κ1) is 21.2. The molecule has 1 aliphatic carbocycles. The van der Waals surface area contributed by atoms with Crippen LogP contribution in [0.25, 0.3) is 0 Å². The van der Waals surface area contributed by atoms with Gasteiger partial charge in [-0.1, -0.05) is 30.5 Å². The molecule has 1 fully saturated rings. The van der Waals surface area contributed by atoms with Crippen LogP contribution in [0.3, 0.4) is 0 Å². The Balaban J connectivity index is 1.71. The number of hydrogen-bond donors (Lipinski definition) is 1. The average Bonchev–Trinajstić information content (AvgIpc) is 3.44. The third-order valence-electron chi connectivity index (χ3n) is 5.96. The summed E-state index contributed by atoms with van der Waals surface area (Å²) in [7, 11) is 1.62. The van der Waals surface area contributed by atoms with Gasteiger partial charge in [-0.3, -0.25) is 9.48 Å². The van der Waals surface area contributed by atoms with Crippen LogP contribution in [0.15, 0.2) is 41.1 Å². The second-order valence-electron chi connectivity index (χ2n) is 8.15. The van der Waals surface area contributed by atoms with Crippen molar-refractivity contribution in [2.45, 2.75) is 64.5 Å². The van der Waals surface area contributed by atoms with E-state index in [2.05, 4.69) is 10.5 Å². The van der Waals surface area contributed by atoms with Crippen LogP contribution in [0.5, 0.6) is 5.75 Å². The highest BCUT2D eigenvalue weighted by Gasteiger charge is 2.32. The van der Waals surface area contributed by atoms with Gasteiger partial charge in [-0.05, 0) is 38.8 Å². The summed E-state index contributed by atoms with van der Waals surface area (Å²) in [6, 6.07) is 8.66. The minimum absolute atomic E-state index is 0.0450. The number of ketones is 1. The zero-order valence-corrected chi connectivity index (χ0v) is 18.4. The molecule has 31 heavy (non-hydrogen) atoms. The third-order valence-corrected chi connectivity index (χ3v) is 5.96. The number of carbonyl (C=O) groups excluding carboxylic acids is 1. The number of rotatable bonds is 8. The first-order valence-corrected chi connectivity index (χ1v) is 11.0.